The maximum Gasteiger partial charge on any atom is 0.257 e. The number of hydrogen-bond donors (Lipinski definition) is 1. The van der Waals surface area contributed by atoms with E-state index in [1.165, 1.54) is 16.4 Å². The summed E-state index contributed by atoms with van der Waals surface area (Å²) in [5.74, 6) is -0.149. The summed E-state index contributed by atoms with van der Waals surface area (Å²) in [6.45, 7) is 2.89. The highest BCUT2D eigenvalue weighted by Gasteiger charge is 2.30. The van der Waals surface area contributed by atoms with Crippen molar-refractivity contribution >= 4 is 15.9 Å². The standard InChI is InChI=1S/C23H24FN3O4S/c1-16-21(22(26-31-16)18-7-9-19(24)10-8-18)23(28)25-15-17-11-13-27(14-12-17)32(29,30)20-5-3-2-4-6-20/h2-10,17H,11-15H2,1H3,(H,25,28). The average Bonchev–Trinajstić information content (AvgIpc) is 3.20. The van der Waals surface area contributed by atoms with Crippen molar-refractivity contribution in [3.05, 3.63) is 71.7 Å². The largest absolute Gasteiger partial charge is 0.360 e. The van der Waals surface area contributed by atoms with Crippen LogP contribution in [0, 0.1) is 18.7 Å². The van der Waals surface area contributed by atoms with E-state index in [1.807, 2.05) is 0 Å². The van der Waals surface area contributed by atoms with Crippen molar-refractivity contribution in [1.82, 2.24) is 14.8 Å². The molecule has 9 heteroatoms. The Balaban J connectivity index is 1.36. The number of rotatable bonds is 6. The SMILES string of the molecule is Cc1onc(-c2ccc(F)cc2)c1C(=O)NCC1CCN(S(=O)(=O)c2ccccc2)CC1. The summed E-state index contributed by atoms with van der Waals surface area (Å²) in [5.41, 5.74) is 1.28. The predicted molar refractivity (Wildman–Crippen MR) is 117 cm³/mol. The molecule has 1 fully saturated rings. The number of halogens is 1. The molecule has 168 valence electrons. The Bertz CT molecular complexity index is 1190. The zero-order chi connectivity index (χ0) is 22.7. The zero-order valence-electron chi connectivity index (χ0n) is 17.6. The number of amides is 1. The minimum Gasteiger partial charge on any atom is -0.360 e. The molecule has 1 aromatic heterocycles. The third-order valence-electron chi connectivity index (χ3n) is 5.71. The van der Waals surface area contributed by atoms with Crippen molar-refractivity contribution in [2.75, 3.05) is 19.6 Å². The fraction of sp³-hybridized carbons (Fsp3) is 0.304. The van der Waals surface area contributed by atoms with Crippen LogP contribution in [0.25, 0.3) is 11.3 Å². The first-order valence-corrected chi connectivity index (χ1v) is 11.9. The van der Waals surface area contributed by atoms with Crippen molar-refractivity contribution in [3.63, 3.8) is 0 Å². The second kappa shape index (κ2) is 9.22. The number of nitrogens with zero attached hydrogens (tertiary/aromatic N) is 2. The number of aromatic nitrogens is 1. The van der Waals surface area contributed by atoms with Crippen molar-refractivity contribution in [3.8, 4) is 11.3 Å². The quantitative estimate of drug-likeness (QED) is 0.610. The van der Waals surface area contributed by atoms with E-state index in [9.17, 15) is 17.6 Å². The fourth-order valence-electron chi connectivity index (χ4n) is 3.87. The van der Waals surface area contributed by atoms with Gasteiger partial charge in [0.25, 0.3) is 5.91 Å². The number of nitrogens with one attached hydrogen (secondary N) is 1. The molecule has 2 aromatic carbocycles. The first-order chi connectivity index (χ1) is 15.4. The Kier molecular flexibility index (Phi) is 6.38. The second-order valence-electron chi connectivity index (χ2n) is 7.84. The van der Waals surface area contributed by atoms with Gasteiger partial charge < -0.3 is 9.84 Å². The molecule has 3 aromatic rings. The molecule has 0 spiro atoms. The molecule has 0 aliphatic carbocycles. The molecule has 1 saturated heterocycles. The van der Waals surface area contributed by atoms with Crippen LogP contribution in [0.5, 0.6) is 0 Å². The van der Waals surface area contributed by atoms with Gasteiger partial charge in [-0.2, -0.15) is 4.31 Å². The topological polar surface area (TPSA) is 92.5 Å². The molecule has 32 heavy (non-hydrogen) atoms. The summed E-state index contributed by atoms with van der Waals surface area (Å²) in [6.07, 6.45) is 1.31. The Labute approximate surface area is 186 Å². The Morgan fingerprint density at radius 2 is 1.78 bits per heavy atom. The van der Waals surface area contributed by atoms with E-state index in [0.717, 1.165) is 0 Å². The van der Waals surface area contributed by atoms with Crippen molar-refractivity contribution in [1.29, 1.82) is 0 Å². The molecule has 0 radical (unpaired) electrons. The van der Waals surface area contributed by atoms with Gasteiger partial charge in [-0.25, -0.2) is 12.8 Å². The highest BCUT2D eigenvalue weighted by molar-refractivity contribution is 7.89. The Morgan fingerprint density at radius 1 is 1.12 bits per heavy atom. The van der Waals surface area contributed by atoms with E-state index in [0.29, 0.717) is 60.0 Å². The fourth-order valence-corrected chi connectivity index (χ4v) is 5.36. The number of benzene rings is 2. The maximum atomic E-state index is 13.2. The number of sulfonamides is 1. The zero-order valence-corrected chi connectivity index (χ0v) is 18.4. The minimum atomic E-state index is -3.50. The van der Waals surface area contributed by atoms with Crippen molar-refractivity contribution < 1.29 is 22.1 Å². The van der Waals surface area contributed by atoms with E-state index >= 15 is 0 Å². The van der Waals surface area contributed by atoms with Gasteiger partial charge >= 0.3 is 0 Å². The number of piperidine rings is 1. The van der Waals surface area contributed by atoms with Crippen molar-refractivity contribution in [2.24, 2.45) is 5.92 Å². The lowest BCUT2D eigenvalue weighted by Crippen LogP contribution is -2.41. The van der Waals surface area contributed by atoms with E-state index in [4.69, 9.17) is 4.52 Å². The lowest BCUT2D eigenvalue weighted by molar-refractivity contribution is 0.0940. The number of aryl methyl sites for hydroxylation is 1. The molecule has 4 rings (SSSR count). The van der Waals surface area contributed by atoms with Crippen LogP contribution in [0.1, 0.15) is 29.0 Å². The van der Waals surface area contributed by atoms with Crippen molar-refractivity contribution in [2.45, 2.75) is 24.7 Å². The molecule has 0 saturated carbocycles. The number of carbonyl (C=O) groups is 1. The summed E-state index contributed by atoms with van der Waals surface area (Å²) in [7, 11) is -3.50. The molecule has 2 heterocycles. The minimum absolute atomic E-state index is 0.163. The third-order valence-corrected chi connectivity index (χ3v) is 7.63. The molecule has 1 amide bonds. The first kappa shape index (κ1) is 22.2. The van der Waals surface area contributed by atoms with Crippen LogP contribution in [-0.2, 0) is 10.0 Å². The van der Waals surface area contributed by atoms with Crippen LogP contribution in [0.3, 0.4) is 0 Å². The first-order valence-electron chi connectivity index (χ1n) is 10.4. The molecule has 1 aliphatic rings. The van der Waals surface area contributed by atoms with Crippen LogP contribution in [-0.4, -0.2) is 43.4 Å². The summed E-state index contributed by atoms with van der Waals surface area (Å²) in [5, 5.41) is 6.89. The third kappa shape index (κ3) is 4.58. The lowest BCUT2D eigenvalue weighted by atomic mass is 9.98. The van der Waals surface area contributed by atoms with Gasteiger partial charge in [0.15, 0.2) is 0 Å². The highest BCUT2D eigenvalue weighted by Crippen LogP contribution is 2.26. The van der Waals surface area contributed by atoms with Gasteiger partial charge in [0.1, 0.15) is 22.8 Å². The van der Waals surface area contributed by atoms with Gasteiger partial charge in [-0.1, -0.05) is 23.4 Å². The molecular formula is C23H24FN3O4S. The summed E-state index contributed by atoms with van der Waals surface area (Å²) in [6, 6.07) is 14.1. The van der Waals surface area contributed by atoms with Crippen LogP contribution in [0.2, 0.25) is 0 Å². The normalized spacial score (nSPS) is 15.6. The molecule has 0 unspecified atom stereocenters. The van der Waals surface area contributed by atoms with E-state index in [2.05, 4.69) is 10.5 Å². The van der Waals surface area contributed by atoms with Gasteiger partial charge in [-0.3, -0.25) is 4.79 Å². The van der Waals surface area contributed by atoms with Crippen LogP contribution >= 0.6 is 0 Å². The summed E-state index contributed by atoms with van der Waals surface area (Å²) >= 11 is 0. The predicted octanol–water partition coefficient (Wildman–Crippen LogP) is 3.62. The Morgan fingerprint density at radius 3 is 2.44 bits per heavy atom. The molecular weight excluding hydrogens is 433 g/mol. The van der Waals surface area contributed by atoms with E-state index in [1.54, 1.807) is 49.4 Å². The van der Waals surface area contributed by atoms with Crippen LogP contribution in [0.4, 0.5) is 4.39 Å². The molecule has 1 N–H and O–H groups in total. The Hall–Kier alpha value is -3.04. The maximum absolute atomic E-state index is 13.2. The monoisotopic (exact) mass is 457 g/mol. The van der Waals surface area contributed by atoms with Gasteiger partial charge in [0.05, 0.1) is 4.90 Å². The average molecular weight is 458 g/mol. The number of hydrogen-bond acceptors (Lipinski definition) is 5. The van der Waals surface area contributed by atoms with Gasteiger partial charge in [-0.15, -0.1) is 0 Å². The van der Waals surface area contributed by atoms with E-state index < -0.39 is 10.0 Å². The lowest BCUT2D eigenvalue weighted by Gasteiger charge is -2.31. The molecule has 0 bridgehead atoms. The van der Waals surface area contributed by atoms with Crippen LogP contribution in [0.15, 0.2) is 64.0 Å². The highest BCUT2D eigenvalue weighted by atomic mass is 32.2. The molecule has 7 nitrogen and oxygen atoms in total. The number of carbonyl (C=O) groups excluding carboxylic acids is 1. The summed E-state index contributed by atoms with van der Waals surface area (Å²) in [4.78, 5) is 13.1. The van der Waals surface area contributed by atoms with Gasteiger partial charge in [0.2, 0.25) is 10.0 Å². The second-order valence-corrected chi connectivity index (χ2v) is 9.78. The van der Waals surface area contributed by atoms with Gasteiger partial charge in [-0.05, 0) is 62.1 Å². The van der Waals surface area contributed by atoms with Crippen LogP contribution < -0.4 is 5.32 Å². The smallest absolute Gasteiger partial charge is 0.257 e. The molecule has 0 atom stereocenters. The van der Waals surface area contributed by atoms with E-state index in [-0.39, 0.29) is 17.6 Å². The van der Waals surface area contributed by atoms with Gasteiger partial charge in [0, 0.05) is 25.2 Å². The molecule has 1 aliphatic heterocycles. The summed E-state index contributed by atoms with van der Waals surface area (Å²) < 4.78 is 45.5.